The largest absolute Gasteiger partial charge is 0.352 e. The Kier molecular flexibility index (Phi) is 4.71. The molecule has 6 nitrogen and oxygen atoms in total. The number of hydrogen-bond donors (Lipinski definition) is 2. The number of anilines is 3. The van der Waals surface area contributed by atoms with E-state index in [2.05, 4.69) is 20.4 Å². The highest BCUT2D eigenvalue weighted by molar-refractivity contribution is 6.30. The smallest absolute Gasteiger partial charge is 0.222 e. The number of rotatable bonds is 4. The van der Waals surface area contributed by atoms with Crippen molar-refractivity contribution in [2.24, 2.45) is 0 Å². The summed E-state index contributed by atoms with van der Waals surface area (Å²) in [6.45, 7) is 4.96. The van der Waals surface area contributed by atoms with Gasteiger partial charge in [-0.05, 0) is 18.2 Å². The summed E-state index contributed by atoms with van der Waals surface area (Å²) in [5.41, 5.74) is 1.82. The van der Waals surface area contributed by atoms with Crippen molar-refractivity contribution in [2.45, 2.75) is 13.3 Å². The van der Waals surface area contributed by atoms with E-state index in [1.807, 2.05) is 36.1 Å². The lowest BCUT2D eigenvalue weighted by Gasteiger charge is -2.35. The van der Waals surface area contributed by atoms with E-state index >= 15 is 0 Å². The van der Waals surface area contributed by atoms with Crippen molar-refractivity contribution in [1.29, 1.82) is 0 Å². The number of piperazine rings is 1. The predicted molar refractivity (Wildman–Crippen MR) is 92.4 cm³/mol. The number of halogens is 1. The fourth-order valence-corrected chi connectivity index (χ4v) is 2.93. The Morgan fingerprint density at radius 3 is 2.83 bits per heavy atom. The molecule has 1 aliphatic rings. The maximum atomic E-state index is 11.8. The highest BCUT2D eigenvalue weighted by atomic mass is 35.5. The average molecular weight is 334 g/mol. The first-order valence-electron chi connectivity index (χ1n) is 7.76. The zero-order valence-electron chi connectivity index (χ0n) is 13.1. The Morgan fingerprint density at radius 2 is 2.13 bits per heavy atom. The van der Waals surface area contributed by atoms with Gasteiger partial charge in [0.15, 0.2) is 0 Å². The molecule has 0 saturated carbocycles. The maximum absolute atomic E-state index is 11.8. The van der Waals surface area contributed by atoms with Crippen LogP contribution in [0.25, 0.3) is 0 Å². The lowest BCUT2D eigenvalue weighted by atomic mass is 10.2. The van der Waals surface area contributed by atoms with Crippen LogP contribution in [-0.4, -0.2) is 47.2 Å². The van der Waals surface area contributed by atoms with Crippen molar-refractivity contribution in [2.75, 3.05) is 36.4 Å². The van der Waals surface area contributed by atoms with Crippen LogP contribution in [0.4, 0.5) is 17.2 Å². The Morgan fingerprint density at radius 1 is 1.35 bits per heavy atom. The van der Waals surface area contributed by atoms with Gasteiger partial charge in [0.25, 0.3) is 0 Å². The van der Waals surface area contributed by atoms with Crippen molar-refractivity contribution in [3.05, 3.63) is 35.5 Å². The quantitative estimate of drug-likeness (QED) is 0.903. The maximum Gasteiger partial charge on any atom is 0.222 e. The van der Waals surface area contributed by atoms with Crippen LogP contribution in [0, 0.1) is 0 Å². The molecule has 1 aromatic heterocycles. The van der Waals surface area contributed by atoms with Gasteiger partial charge in [0.05, 0.1) is 6.20 Å². The molecule has 3 rings (SSSR count). The van der Waals surface area contributed by atoms with E-state index in [1.54, 1.807) is 6.20 Å². The van der Waals surface area contributed by atoms with E-state index in [1.165, 1.54) is 0 Å². The van der Waals surface area contributed by atoms with Gasteiger partial charge in [0.2, 0.25) is 5.91 Å². The molecule has 0 aliphatic carbocycles. The molecule has 0 unspecified atom stereocenters. The fourth-order valence-electron chi connectivity index (χ4n) is 2.74. The van der Waals surface area contributed by atoms with Crippen LogP contribution < -0.4 is 10.2 Å². The molecule has 23 heavy (non-hydrogen) atoms. The second-order valence-corrected chi connectivity index (χ2v) is 5.93. The van der Waals surface area contributed by atoms with Crippen molar-refractivity contribution in [3.63, 3.8) is 0 Å². The summed E-state index contributed by atoms with van der Waals surface area (Å²) in [6.07, 6.45) is 2.32. The molecule has 1 aromatic carbocycles. The number of nitrogens with zero attached hydrogens (tertiary/aromatic N) is 3. The van der Waals surface area contributed by atoms with Crippen LogP contribution >= 0.6 is 11.6 Å². The monoisotopic (exact) mass is 333 g/mol. The predicted octanol–water partition coefficient (Wildman–Crippen LogP) is 2.87. The molecule has 1 aliphatic heterocycles. The summed E-state index contributed by atoms with van der Waals surface area (Å²) < 4.78 is 0. The number of aromatic amines is 1. The Bertz CT molecular complexity index is 679. The zero-order chi connectivity index (χ0) is 16.2. The molecule has 0 spiro atoms. The van der Waals surface area contributed by atoms with Gasteiger partial charge in [-0.1, -0.05) is 24.6 Å². The summed E-state index contributed by atoms with van der Waals surface area (Å²) in [5.74, 6) is 1.15. The van der Waals surface area contributed by atoms with Crippen molar-refractivity contribution in [3.8, 4) is 0 Å². The second kappa shape index (κ2) is 6.91. The number of carbonyl (C=O) groups excluding carboxylic acids is 1. The van der Waals surface area contributed by atoms with E-state index < -0.39 is 0 Å². The molecule has 0 bridgehead atoms. The first-order chi connectivity index (χ1) is 11.2. The standard InChI is InChI=1S/C16H20ClN5O/c1-2-15(23)21-6-8-22(9-7-21)16-14(11-18-20-16)19-13-5-3-4-12(17)10-13/h3-5,10-11,19H,2,6-9H2,1H3,(H,18,20). The van der Waals surface area contributed by atoms with Gasteiger partial charge in [-0.25, -0.2) is 0 Å². The highest BCUT2D eigenvalue weighted by Crippen LogP contribution is 2.28. The summed E-state index contributed by atoms with van der Waals surface area (Å²) in [7, 11) is 0. The third-order valence-electron chi connectivity index (χ3n) is 3.97. The van der Waals surface area contributed by atoms with Gasteiger partial charge >= 0.3 is 0 Å². The average Bonchev–Trinajstić information content (AvgIpc) is 3.02. The molecule has 1 fully saturated rings. The topological polar surface area (TPSA) is 64.3 Å². The Balaban J connectivity index is 1.68. The summed E-state index contributed by atoms with van der Waals surface area (Å²) in [5, 5.41) is 11.2. The number of benzene rings is 1. The van der Waals surface area contributed by atoms with E-state index in [0.29, 0.717) is 11.4 Å². The number of amides is 1. The minimum absolute atomic E-state index is 0.214. The number of H-pyrrole nitrogens is 1. The lowest BCUT2D eigenvalue weighted by Crippen LogP contribution is -2.48. The fraction of sp³-hybridized carbons (Fsp3) is 0.375. The third kappa shape index (κ3) is 3.59. The number of nitrogens with one attached hydrogen (secondary N) is 2. The minimum atomic E-state index is 0.214. The van der Waals surface area contributed by atoms with E-state index in [0.717, 1.165) is 43.4 Å². The number of hydrogen-bond acceptors (Lipinski definition) is 4. The van der Waals surface area contributed by atoms with E-state index in [9.17, 15) is 4.79 Å². The summed E-state index contributed by atoms with van der Waals surface area (Å²) in [6, 6.07) is 7.57. The Labute approximate surface area is 140 Å². The van der Waals surface area contributed by atoms with E-state index in [-0.39, 0.29) is 5.91 Å². The van der Waals surface area contributed by atoms with Crippen molar-refractivity contribution < 1.29 is 4.79 Å². The van der Waals surface area contributed by atoms with Crippen LogP contribution in [0.1, 0.15) is 13.3 Å². The molecule has 1 amide bonds. The summed E-state index contributed by atoms with van der Waals surface area (Å²) >= 11 is 6.02. The van der Waals surface area contributed by atoms with Crippen molar-refractivity contribution in [1.82, 2.24) is 15.1 Å². The molecule has 1 saturated heterocycles. The normalized spacial score (nSPS) is 14.9. The van der Waals surface area contributed by atoms with Gasteiger partial charge in [-0.2, -0.15) is 5.10 Å². The molecule has 122 valence electrons. The van der Waals surface area contributed by atoms with Crippen LogP contribution in [0.5, 0.6) is 0 Å². The molecule has 2 heterocycles. The van der Waals surface area contributed by atoms with Crippen LogP contribution in [-0.2, 0) is 4.79 Å². The first-order valence-corrected chi connectivity index (χ1v) is 8.14. The molecule has 0 radical (unpaired) electrons. The van der Waals surface area contributed by atoms with Crippen LogP contribution in [0.2, 0.25) is 5.02 Å². The second-order valence-electron chi connectivity index (χ2n) is 5.49. The SMILES string of the molecule is CCC(=O)N1CCN(c2[nH]ncc2Nc2cccc(Cl)c2)CC1. The van der Waals surface area contributed by atoms with Crippen molar-refractivity contribution >= 4 is 34.7 Å². The van der Waals surface area contributed by atoms with Gasteiger partial charge in [0, 0.05) is 43.3 Å². The lowest BCUT2D eigenvalue weighted by molar-refractivity contribution is -0.131. The number of carbonyl (C=O) groups is 1. The van der Waals surface area contributed by atoms with Crippen LogP contribution in [0.3, 0.4) is 0 Å². The summed E-state index contributed by atoms with van der Waals surface area (Å²) in [4.78, 5) is 15.9. The molecular formula is C16H20ClN5O. The molecular weight excluding hydrogens is 314 g/mol. The van der Waals surface area contributed by atoms with E-state index in [4.69, 9.17) is 11.6 Å². The van der Waals surface area contributed by atoms with Gasteiger partial charge in [-0.3, -0.25) is 9.89 Å². The minimum Gasteiger partial charge on any atom is -0.352 e. The third-order valence-corrected chi connectivity index (χ3v) is 4.21. The number of aromatic nitrogens is 2. The zero-order valence-corrected chi connectivity index (χ0v) is 13.8. The molecule has 2 aromatic rings. The highest BCUT2D eigenvalue weighted by Gasteiger charge is 2.22. The van der Waals surface area contributed by atoms with Gasteiger partial charge in [0.1, 0.15) is 11.5 Å². The molecule has 2 N–H and O–H groups in total. The van der Waals surface area contributed by atoms with Gasteiger partial charge < -0.3 is 15.1 Å². The first kappa shape index (κ1) is 15.7. The molecule has 0 atom stereocenters. The molecule has 7 heteroatoms. The Hall–Kier alpha value is -2.21. The van der Waals surface area contributed by atoms with Gasteiger partial charge in [-0.15, -0.1) is 0 Å². The van der Waals surface area contributed by atoms with Crippen LogP contribution in [0.15, 0.2) is 30.5 Å².